The van der Waals surface area contributed by atoms with Gasteiger partial charge in [0, 0.05) is 23.4 Å². The highest BCUT2D eigenvalue weighted by Gasteiger charge is 2.16. The van der Waals surface area contributed by atoms with Crippen molar-refractivity contribution in [2.75, 3.05) is 5.73 Å². The molecule has 2 N–H and O–H groups in total. The molecule has 0 spiro atoms. The highest BCUT2D eigenvalue weighted by Crippen LogP contribution is 2.29. The molecule has 2 aromatic heterocycles. The van der Waals surface area contributed by atoms with E-state index in [0.29, 0.717) is 11.5 Å². The van der Waals surface area contributed by atoms with Gasteiger partial charge >= 0.3 is 0 Å². The van der Waals surface area contributed by atoms with E-state index in [4.69, 9.17) is 17.3 Å². The predicted molar refractivity (Wildman–Crippen MR) is 81.8 cm³/mol. The normalized spacial score (nSPS) is 12.9. The molecule has 2 heterocycles. The third-order valence-electron chi connectivity index (χ3n) is 3.28. The Morgan fingerprint density at radius 3 is 3.00 bits per heavy atom. The lowest BCUT2D eigenvalue weighted by Gasteiger charge is -2.15. The molecule has 3 rings (SSSR count). The fraction of sp³-hybridized carbons (Fsp3) is 0.214. The van der Waals surface area contributed by atoms with Gasteiger partial charge in [0.15, 0.2) is 0 Å². The first-order valence-corrected chi connectivity index (χ1v) is 7.47. The molecule has 0 radical (unpaired) electrons. The maximum Gasteiger partial charge on any atom is 0.201 e. The van der Waals surface area contributed by atoms with E-state index < -0.39 is 5.82 Å². The van der Waals surface area contributed by atoms with Gasteiger partial charge in [0.1, 0.15) is 5.82 Å². The summed E-state index contributed by atoms with van der Waals surface area (Å²) in [6.45, 7) is 2.06. The Bertz CT molecular complexity index is 751. The Morgan fingerprint density at radius 1 is 1.50 bits per heavy atom. The Morgan fingerprint density at radius 2 is 2.30 bits per heavy atom. The minimum absolute atomic E-state index is 0.0852. The first-order valence-electron chi connectivity index (χ1n) is 6.21. The molecule has 0 bridgehead atoms. The maximum atomic E-state index is 13.5. The minimum Gasteiger partial charge on any atom is -0.369 e. The number of nitrogens with two attached hydrogens (primary N) is 1. The monoisotopic (exact) mass is 309 g/mol. The number of hydrogen-bond donors (Lipinski definition) is 1. The van der Waals surface area contributed by atoms with E-state index >= 15 is 0 Å². The SMILES string of the molecule is CC(Cc1cccs1)n1c(N)nc2cc(F)c(Cl)cc21. The van der Waals surface area contributed by atoms with Crippen molar-refractivity contribution in [1.82, 2.24) is 9.55 Å². The van der Waals surface area contributed by atoms with Gasteiger partial charge in [-0.05, 0) is 24.4 Å². The number of halogens is 2. The lowest BCUT2D eigenvalue weighted by Crippen LogP contribution is -2.10. The predicted octanol–water partition coefficient (Wildman–Crippen LogP) is 4.28. The van der Waals surface area contributed by atoms with Crippen molar-refractivity contribution in [2.24, 2.45) is 0 Å². The molecule has 0 fully saturated rings. The fourth-order valence-electron chi connectivity index (χ4n) is 2.38. The van der Waals surface area contributed by atoms with E-state index in [1.54, 1.807) is 17.4 Å². The van der Waals surface area contributed by atoms with Crippen LogP contribution in [0.5, 0.6) is 0 Å². The average molecular weight is 310 g/mol. The van der Waals surface area contributed by atoms with Gasteiger partial charge in [-0.3, -0.25) is 0 Å². The number of thiophene rings is 1. The first-order chi connectivity index (χ1) is 9.56. The Hall–Kier alpha value is -1.59. The number of aromatic nitrogens is 2. The van der Waals surface area contributed by atoms with Gasteiger partial charge in [0.25, 0.3) is 0 Å². The third-order valence-corrected chi connectivity index (χ3v) is 4.46. The third kappa shape index (κ3) is 2.27. The molecule has 0 aliphatic heterocycles. The molecule has 104 valence electrons. The zero-order valence-electron chi connectivity index (χ0n) is 10.8. The number of imidazole rings is 1. The molecule has 0 amide bonds. The van der Waals surface area contributed by atoms with Crippen LogP contribution in [0.15, 0.2) is 29.6 Å². The molecule has 6 heteroatoms. The molecule has 20 heavy (non-hydrogen) atoms. The molecular formula is C14H13ClFN3S. The summed E-state index contributed by atoms with van der Waals surface area (Å²) in [7, 11) is 0. The van der Waals surface area contributed by atoms with Gasteiger partial charge in [-0.25, -0.2) is 9.37 Å². The molecule has 0 aliphatic carbocycles. The highest BCUT2D eigenvalue weighted by atomic mass is 35.5. The van der Waals surface area contributed by atoms with Crippen molar-refractivity contribution in [3.05, 3.63) is 45.4 Å². The van der Waals surface area contributed by atoms with Gasteiger partial charge < -0.3 is 10.3 Å². The summed E-state index contributed by atoms with van der Waals surface area (Å²) in [5.41, 5.74) is 7.27. The zero-order valence-corrected chi connectivity index (χ0v) is 12.4. The van der Waals surface area contributed by atoms with Gasteiger partial charge in [-0.2, -0.15) is 0 Å². The fourth-order valence-corrected chi connectivity index (χ4v) is 3.37. The number of nitrogens with zero attached hydrogens (tertiary/aromatic N) is 2. The molecule has 0 saturated carbocycles. The van der Waals surface area contributed by atoms with Crippen molar-refractivity contribution >= 4 is 39.9 Å². The van der Waals surface area contributed by atoms with Crippen LogP contribution in [0.3, 0.4) is 0 Å². The Labute approximate surface area is 124 Å². The number of benzene rings is 1. The second kappa shape index (κ2) is 5.07. The largest absolute Gasteiger partial charge is 0.369 e. The Kier molecular flexibility index (Phi) is 3.40. The van der Waals surface area contributed by atoms with Crippen LogP contribution >= 0.6 is 22.9 Å². The second-order valence-electron chi connectivity index (χ2n) is 4.73. The summed E-state index contributed by atoms with van der Waals surface area (Å²) in [6.07, 6.45) is 0.850. The number of hydrogen-bond acceptors (Lipinski definition) is 3. The number of nitrogen functional groups attached to an aromatic ring is 1. The van der Waals surface area contributed by atoms with Crippen LogP contribution in [0.1, 0.15) is 17.8 Å². The van der Waals surface area contributed by atoms with Crippen LogP contribution in [0.25, 0.3) is 11.0 Å². The van der Waals surface area contributed by atoms with Crippen molar-refractivity contribution < 1.29 is 4.39 Å². The molecule has 3 nitrogen and oxygen atoms in total. The van der Waals surface area contributed by atoms with E-state index in [1.165, 1.54) is 10.9 Å². The molecule has 1 atom stereocenters. The number of fused-ring (bicyclic) bond motifs is 1. The summed E-state index contributed by atoms with van der Waals surface area (Å²) in [4.78, 5) is 5.48. The topological polar surface area (TPSA) is 43.8 Å². The standard InChI is InChI=1S/C14H13ClFN3S/c1-8(5-9-3-2-4-20-9)19-13-6-10(15)11(16)7-12(13)18-14(19)17/h2-4,6-8H,5H2,1H3,(H2,17,18). The first kappa shape index (κ1) is 13.4. The van der Waals surface area contributed by atoms with E-state index in [9.17, 15) is 4.39 Å². The van der Waals surface area contributed by atoms with Crippen molar-refractivity contribution in [3.8, 4) is 0 Å². The van der Waals surface area contributed by atoms with Crippen LogP contribution in [0.4, 0.5) is 10.3 Å². The molecule has 0 saturated heterocycles. The molecule has 1 unspecified atom stereocenters. The van der Waals surface area contributed by atoms with E-state index in [-0.39, 0.29) is 11.1 Å². The average Bonchev–Trinajstić information content (AvgIpc) is 2.97. The zero-order chi connectivity index (χ0) is 14.3. The quantitative estimate of drug-likeness (QED) is 0.785. The van der Waals surface area contributed by atoms with Crippen LogP contribution in [-0.2, 0) is 6.42 Å². The van der Waals surface area contributed by atoms with Crippen LogP contribution in [-0.4, -0.2) is 9.55 Å². The van der Waals surface area contributed by atoms with Crippen LogP contribution < -0.4 is 5.73 Å². The van der Waals surface area contributed by atoms with Gasteiger partial charge in [0.05, 0.1) is 16.1 Å². The number of rotatable bonds is 3. The van der Waals surface area contributed by atoms with Crippen LogP contribution in [0.2, 0.25) is 5.02 Å². The van der Waals surface area contributed by atoms with Gasteiger partial charge in [0.2, 0.25) is 5.95 Å². The van der Waals surface area contributed by atoms with Crippen LogP contribution in [0, 0.1) is 5.82 Å². The smallest absolute Gasteiger partial charge is 0.201 e. The van der Waals surface area contributed by atoms with Crippen molar-refractivity contribution in [3.63, 3.8) is 0 Å². The van der Waals surface area contributed by atoms with Crippen molar-refractivity contribution in [2.45, 2.75) is 19.4 Å². The minimum atomic E-state index is -0.477. The summed E-state index contributed by atoms with van der Waals surface area (Å²) < 4.78 is 15.4. The van der Waals surface area contributed by atoms with Crippen molar-refractivity contribution in [1.29, 1.82) is 0 Å². The summed E-state index contributed by atoms with van der Waals surface area (Å²) >= 11 is 7.57. The highest BCUT2D eigenvalue weighted by molar-refractivity contribution is 7.09. The van der Waals surface area contributed by atoms with Gasteiger partial charge in [-0.1, -0.05) is 17.7 Å². The molecule has 1 aromatic carbocycles. The Balaban J connectivity index is 2.06. The lowest BCUT2D eigenvalue weighted by molar-refractivity contribution is 0.570. The summed E-state index contributed by atoms with van der Waals surface area (Å²) in [6, 6.07) is 7.14. The molecule has 3 aromatic rings. The molecular weight excluding hydrogens is 297 g/mol. The lowest BCUT2D eigenvalue weighted by atomic mass is 10.2. The summed E-state index contributed by atoms with van der Waals surface area (Å²) in [5.74, 6) is -0.0968. The maximum absolute atomic E-state index is 13.5. The van der Waals surface area contributed by atoms with E-state index in [2.05, 4.69) is 18.0 Å². The number of anilines is 1. The summed E-state index contributed by atoms with van der Waals surface area (Å²) in [5, 5.41) is 2.13. The second-order valence-corrected chi connectivity index (χ2v) is 6.17. The van der Waals surface area contributed by atoms with Gasteiger partial charge in [-0.15, -0.1) is 11.3 Å². The molecule has 0 aliphatic rings. The van der Waals surface area contributed by atoms with E-state index in [1.807, 2.05) is 16.0 Å². The van der Waals surface area contributed by atoms with E-state index in [0.717, 1.165) is 11.9 Å².